The summed E-state index contributed by atoms with van der Waals surface area (Å²) in [6.07, 6.45) is 14.7. The van der Waals surface area contributed by atoms with Crippen molar-refractivity contribution in [1.82, 2.24) is 4.98 Å². The van der Waals surface area contributed by atoms with Gasteiger partial charge in [0.1, 0.15) is 0 Å². The summed E-state index contributed by atoms with van der Waals surface area (Å²) in [5.74, 6) is 2.63. The molecule has 1 nitrogen and oxygen atoms in total. The first-order chi connectivity index (χ1) is 13.8. The quantitative estimate of drug-likeness (QED) is 0.503. The van der Waals surface area contributed by atoms with Crippen LogP contribution in [0.25, 0.3) is 11.3 Å². The Bertz CT molecular complexity index is 752. The van der Waals surface area contributed by atoms with E-state index in [2.05, 4.69) is 50.2 Å². The molecule has 1 saturated carbocycles. The summed E-state index contributed by atoms with van der Waals surface area (Å²) in [6.45, 7) is 4.63. The van der Waals surface area contributed by atoms with Crippen LogP contribution < -0.4 is 0 Å². The summed E-state index contributed by atoms with van der Waals surface area (Å²) >= 11 is 0. The minimum Gasteiger partial charge on any atom is -0.253 e. The summed E-state index contributed by atoms with van der Waals surface area (Å²) in [6, 6.07) is 14.0. The Morgan fingerprint density at radius 3 is 2.21 bits per heavy atom. The zero-order chi connectivity index (χ0) is 19.3. The van der Waals surface area contributed by atoms with Crippen LogP contribution in [0.5, 0.6) is 0 Å². The lowest BCUT2D eigenvalue weighted by Gasteiger charge is -2.28. The molecule has 0 aliphatic heterocycles. The molecule has 0 unspecified atom stereocenters. The average Bonchev–Trinajstić information content (AvgIpc) is 2.75. The van der Waals surface area contributed by atoms with Crippen LogP contribution in [-0.2, 0) is 12.8 Å². The van der Waals surface area contributed by atoms with E-state index in [0.29, 0.717) is 0 Å². The summed E-state index contributed by atoms with van der Waals surface area (Å²) < 4.78 is 0. The van der Waals surface area contributed by atoms with Crippen LogP contribution in [-0.4, -0.2) is 4.98 Å². The number of fused-ring (bicyclic) bond motifs is 1. The molecular formula is C27H37N. The first-order valence-electron chi connectivity index (χ1n) is 11.9. The molecule has 1 aromatic carbocycles. The normalized spacial score (nSPS) is 24.7. The molecule has 0 radical (unpaired) electrons. The van der Waals surface area contributed by atoms with E-state index < -0.39 is 0 Å². The molecule has 1 aromatic heterocycles. The fraction of sp³-hybridized carbons (Fsp3) is 0.593. The summed E-state index contributed by atoms with van der Waals surface area (Å²) in [7, 11) is 0. The molecule has 1 heterocycles. The maximum Gasteiger partial charge on any atom is 0.0705 e. The number of pyridine rings is 1. The Labute approximate surface area is 172 Å². The van der Waals surface area contributed by atoms with Crippen LogP contribution >= 0.6 is 0 Å². The van der Waals surface area contributed by atoms with E-state index in [9.17, 15) is 0 Å². The van der Waals surface area contributed by atoms with Crippen molar-refractivity contribution < 1.29 is 0 Å². The highest BCUT2D eigenvalue weighted by atomic mass is 14.7. The first-order valence-corrected chi connectivity index (χ1v) is 11.9. The maximum atomic E-state index is 5.05. The second-order valence-corrected chi connectivity index (χ2v) is 9.33. The summed E-state index contributed by atoms with van der Waals surface area (Å²) in [4.78, 5) is 5.05. The molecule has 2 aliphatic carbocycles. The van der Waals surface area contributed by atoms with Crippen molar-refractivity contribution in [1.29, 1.82) is 0 Å². The number of benzene rings is 1. The van der Waals surface area contributed by atoms with Gasteiger partial charge in [-0.3, -0.25) is 4.98 Å². The van der Waals surface area contributed by atoms with Crippen molar-refractivity contribution >= 4 is 0 Å². The van der Waals surface area contributed by atoms with E-state index in [1.165, 1.54) is 81.0 Å². The second-order valence-electron chi connectivity index (χ2n) is 9.33. The molecule has 1 heteroatoms. The molecule has 0 saturated heterocycles. The molecular weight excluding hydrogens is 338 g/mol. The minimum absolute atomic E-state index is 0.772. The Kier molecular flexibility index (Phi) is 6.50. The number of aryl methyl sites for hydroxylation is 1. The lowest BCUT2D eigenvalue weighted by Crippen LogP contribution is -2.15. The van der Waals surface area contributed by atoms with Gasteiger partial charge in [-0.25, -0.2) is 0 Å². The molecule has 4 rings (SSSR count). The first kappa shape index (κ1) is 19.7. The monoisotopic (exact) mass is 375 g/mol. The van der Waals surface area contributed by atoms with Crippen molar-refractivity contribution in [3.05, 3.63) is 53.2 Å². The number of rotatable bonds is 6. The Balaban J connectivity index is 1.42. The van der Waals surface area contributed by atoms with Gasteiger partial charge in [0.05, 0.1) is 5.69 Å². The highest BCUT2D eigenvalue weighted by molar-refractivity contribution is 5.60. The smallest absolute Gasteiger partial charge is 0.0705 e. The van der Waals surface area contributed by atoms with E-state index in [1.807, 2.05) is 0 Å². The zero-order valence-corrected chi connectivity index (χ0v) is 17.9. The molecule has 0 bridgehead atoms. The van der Waals surface area contributed by atoms with Crippen LogP contribution in [0.1, 0.15) is 94.4 Å². The van der Waals surface area contributed by atoms with Crippen LogP contribution in [0, 0.1) is 11.8 Å². The maximum absolute atomic E-state index is 5.05. The standard InChI is InChI=1S/C27H37N/c1-3-5-20-7-10-22(11-8-20)23-12-14-24(15-13-23)26-18-16-25-19-21(6-4-2)9-17-27(25)28-26/h12-16,18,20-22H,3-11,17,19H2,1-2H3/t20?,21-,22?/m1/s1. The average molecular weight is 376 g/mol. The van der Waals surface area contributed by atoms with Gasteiger partial charge in [-0.1, -0.05) is 69.9 Å². The molecule has 0 amide bonds. The second kappa shape index (κ2) is 9.25. The lowest BCUT2D eigenvalue weighted by atomic mass is 9.77. The van der Waals surface area contributed by atoms with Gasteiger partial charge in [0.25, 0.3) is 0 Å². The van der Waals surface area contributed by atoms with E-state index in [-0.39, 0.29) is 0 Å². The van der Waals surface area contributed by atoms with Crippen molar-refractivity contribution in [2.45, 2.75) is 90.4 Å². The van der Waals surface area contributed by atoms with Crippen LogP contribution in [0.2, 0.25) is 0 Å². The van der Waals surface area contributed by atoms with E-state index in [4.69, 9.17) is 4.98 Å². The van der Waals surface area contributed by atoms with Gasteiger partial charge in [-0.15, -0.1) is 0 Å². The highest BCUT2D eigenvalue weighted by Gasteiger charge is 2.22. The summed E-state index contributed by atoms with van der Waals surface area (Å²) in [5, 5.41) is 0. The highest BCUT2D eigenvalue weighted by Crippen LogP contribution is 2.38. The SMILES string of the molecule is CCCC1CCC(c2ccc(-c3ccc4c(n3)CC[C@@H](CCC)C4)cc2)CC1. The molecule has 28 heavy (non-hydrogen) atoms. The molecule has 150 valence electrons. The van der Waals surface area contributed by atoms with Crippen LogP contribution in [0.3, 0.4) is 0 Å². The third kappa shape index (κ3) is 4.50. The van der Waals surface area contributed by atoms with Crippen molar-refractivity contribution in [2.75, 3.05) is 0 Å². The zero-order valence-electron chi connectivity index (χ0n) is 17.9. The van der Waals surface area contributed by atoms with E-state index >= 15 is 0 Å². The molecule has 1 atom stereocenters. The molecule has 0 spiro atoms. The van der Waals surface area contributed by atoms with Crippen LogP contribution in [0.15, 0.2) is 36.4 Å². The number of hydrogen-bond donors (Lipinski definition) is 0. The molecule has 0 N–H and O–H groups in total. The van der Waals surface area contributed by atoms with Gasteiger partial charge in [0.15, 0.2) is 0 Å². The van der Waals surface area contributed by atoms with Gasteiger partial charge in [0.2, 0.25) is 0 Å². The Hall–Kier alpha value is -1.63. The summed E-state index contributed by atoms with van der Waals surface area (Å²) in [5.41, 5.74) is 6.82. The van der Waals surface area contributed by atoms with Crippen molar-refractivity contribution in [3.8, 4) is 11.3 Å². The fourth-order valence-electron chi connectivity index (χ4n) is 5.62. The topological polar surface area (TPSA) is 12.9 Å². The minimum atomic E-state index is 0.772. The van der Waals surface area contributed by atoms with E-state index in [0.717, 1.165) is 29.9 Å². The molecule has 2 aromatic rings. The Morgan fingerprint density at radius 2 is 1.50 bits per heavy atom. The largest absolute Gasteiger partial charge is 0.253 e. The van der Waals surface area contributed by atoms with Gasteiger partial charge in [0, 0.05) is 11.3 Å². The van der Waals surface area contributed by atoms with Crippen LogP contribution in [0.4, 0.5) is 0 Å². The van der Waals surface area contributed by atoms with E-state index in [1.54, 1.807) is 5.56 Å². The van der Waals surface area contributed by atoms with Crippen molar-refractivity contribution in [3.63, 3.8) is 0 Å². The third-order valence-corrected chi connectivity index (χ3v) is 7.28. The fourth-order valence-corrected chi connectivity index (χ4v) is 5.62. The van der Waals surface area contributed by atoms with Gasteiger partial charge >= 0.3 is 0 Å². The van der Waals surface area contributed by atoms with Gasteiger partial charge in [-0.2, -0.15) is 0 Å². The number of nitrogens with zero attached hydrogens (tertiary/aromatic N) is 1. The molecule has 1 fully saturated rings. The number of aromatic nitrogens is 1. The Morgan fingerprint density at radius 1 is 0.786 bits per heavy atom. The van der Waals surface area contributed by atoms with Crippen molar-refractivity contribution in [2.24, 2.45) is 11.8 Å². The number of hydrogen-bond acceptors (Lipinski definition) is 1. The lowest BCUT2D eigenvalue weighted by molar-refractivity contribution is 0.308. The van der Waals surface area contributed by atoms with Gasteiger partial charge in [-0.05, 0) is 79.9 Å². The predicted octanol–water partition coefficient (Wildman–Crippen LogP) is 7.73. The van der Waals surface area contributed by atoms with Gasteiger partial charge < -0.3 is 0 Å². The molecule has 2 aliphatic rings. The predicted molar refractivity (Wildman–Crippen MR) is 120 cm³/mol. The third-order valence-electron chi connectivity index (χ3n) is 7.28.